The molecule has 0 radical (unpaired) electrons. The molecule has 1 aliphatic rings. The summed E-state index contributed by atoms with van der Waals surface area (Å²) in [6.07, 6.45) is 1.57. The van der Waals surface area contributed by atoms with Gasteiger partial charge in [-0.1, -0.05) is 11.6 Å². The van der Waals surface area contributed by atoms with Crippen molar-refractivity contribution in [2.45, 2.75) is 0 Å². The minimum atomic E-state index is -0.300. The summed E-state index contributed by atoms with van der Waals surface area (Å²) in [6, 6.07) is 8.54. The van der Waals surface area contributed by atoms with Crippen molar-refractivity contribution in [3.8, 4) is 17.2 Å². The number of rotatable bonds is 5. The van der Waals surface area contributed by atoms with E-state index in [0.29, 0.717) is 34.1 Å². The third-order valence-electron chi connectivity index (χ3n) is 3.97. The van der Waals surface area contributed by atoms with Crippen LogP contribution in [-0.2, 0) is 0 Å². The molecule has 0 aliphatic carbocycles. The maximum atomic E-state index is 12.7. The van der Waals surface area contributed by atoms with E-state index in [1.807, 2.05) is 19.0 Å². The van der Waals surface area contributed by atoms with Gasteiger partial charge in [-0.15, -0.1) is 0 Å². The highest BCUT2D eigenvalue weighted by atomic mass is 35.5. The molecule has 6 nitrogen and oxygen atoms in total. The molecule has 136 valence electrons. The summed E-state index contributed by atoms with van der Waals surface area (Å²) in [6.45, 7) is 0.129. The number of carbonyl (C=O) groups excluding carboxylic acids is 1. The molecular formula is C19H19ClN2O4. The first-order valence-corrected chi connectivity index (χ1v) is 8.25. The van der Waals surface area contributed by atoms with E-state index < -0.39 is 0 Å². The van der Waals surface area contributed by atoms with E-state index in [2.05, 4.69) is 0 Å². The molecule has 0 saturated carbocycles. The number of carbonyl (C=O) groups is 1. The number of benzene rings is 2. The van der Waals surface area contributed by atoms with Gasteiger partial charge in [-0.25, -0.2) is 0 Å². The van der Waals surface area contributed by atoms with Crippen LogP contribution in [0, 0.1) is 0 Å². The number of anilines is 2. The number of fused-ring (bicyclic) bond motifs is 1. The van der Waals surface area contributed by atoms with Gasteiger partial charge in [0.05, 0.1) is 23.5 Å². The van der Waals surface area contributed by atoms with Gasteiger partial charge in [-0.3, -0.25) is 4.79 Å². The predicted octanol–water partition coefficient (Wildman–Crippen LogP) is 3.53. The maximum absolute atomic E-state index is 12.7. The predicted molar refractivity (Wildman–Crippen MR) is 102 cm³/mol. The van der Waals surface area contributed by atoms with Crippen LogP contribution in [0.15, 0.2) is 35.4 Å². The molecule has 0 bridgehead atoms. The van der Waals surface area contributed by atoms with Crippen LogP contribution in [0.25, 0.3) is 6.08 Å². The van der Waals surface area contributed by atoms with Gasteiger partial charge in [-0.2, -0.15) is 0 Å². The van der Waals surface area contributed by atoms with Gasteiger partial charge >= 0.3 is 0 Å². The Hall–Kier alpha value is -2.86. The highest BCUT2D eigenvalue weighted by Gasteiger charge is 2.20. The summed E-state index contributed by atoms with van der Waals surface area (Å²) in [5.41, 5.74) is 8.41. The van der Waals surface area contributed by atoms with Gasteiger partial charge in [0.1, 0.15) is 0 Å². The second-order valence-electron chi connectivity index (χ2n) is 5.95. The second kappa shape index (κ2) is 7.17. The Morgan fingerprint density at radius 3 is 2.73 bits per heavy atom. The average Bonchev–Trinajstić information content (AvgIpc) is 3.09. The number of ether oxygens (including phenoxy) is 3. The molecule has 1 aliphatic heterocycles. The topological polar surface area (TPSA) is 74.0 Å². The molecule has 0 atom stereocenters. The zero-order chi connectivity index (χ0) is 18.8. The van der Waals surface area contributed by atoms with Gasteiger partial charge in [0.25, 0.3) is 0 Å². The van der Waals surface area contributed by atoms with E-state index in [4.69, 9.17) is 31.5 Å². The van der Waals surface area contributed by atoms with Crippen LogP contribution in [0.2, 0.25) is 0 Å². The van der Waals surface area contributed by atoms with Crippen molar-refractivity contribution in [2.24, 2.45) is 0 Å². The van der Waals surface area contributed by atoms with Crippen LogP contribution in [-0.4, -0.2) is 33.8 Å². The van der Waals surface area contributed by atoms with Gasteiger partial charge in [0.15, 0.2) is 11.5 Å². The number of nitrogens with zero attached hydrogens (tertiary/aromatic N) is 1. The fourth-order valence-corrected chi connectivity index (χ4v) is 2.89. The standard InChI is InChI=1S/C19H19ClN2O4/c1-22(2)15-9-12(4-5-14(15)21)18(23)13(20)6-11-7-16(24-3)19-17(8-11)25-10-26-19/h4-9H,10,21H2,1-3H3. The summed E-state index contributed by atoms with van der Waals surface area (Å²) >= 11 is 6.27. The van der Waals surface area contributed by atoms with Crippen LogP contribution in [0.1, 0.15) is 15.9 Å². The first kappa shape index (κ1) is 17.9. The van der Waals surface area contributed by atoms with Crippen LogP contribution in [0.5, 0.6) is 17.2 Å². The summed E-state index contributed by atoms with van der Waals surface area (Å²) in [5.74, 6) is 1.31. The minimum Gasteiger partial charge on any atom is -0.493 e. The number of nitrogens with two attached hydrogens (primary N) is 1. The molecule has 0 fully saturated rings. The maximum Gasteiger partial charge on any atom is 0.231 e. The molecule has 0 unspecified atom stereocenters. The van der Waals surface area contributed by atoms with Crippen molar-refractivity contribution < 1.29 is 19.0 Å². The van der Waals surface area contributed by atoms with Gasteiger partial charge in [0, 0.05) is 19.7 Å². The number of halogens is 1. The van der Waals surface area contributed by atoms with Crippen molar-refractivity contribution in [3.05, 3.63) is 46.5 Å². The molecule has 0 saturated heterocycles. The highest BCUT2D eigenvalue weighted by Crippen LogP contribution is 2.42. The Balaban J connectivity index is 1.93. The van der Waals surface area contributed by atoms with Crippen LogP contribution < -0.4 is 24.8 Å². The molecule has 2 aromatic rings. The Morgan fingerprint density at radius 2 is 2.04 bits per heavy atom. The lowest BCUT2D eigenvalue weighted by atomic mass is 10.1. The van der Waals surface area contributed by atoms with Crippen molar-refractivity contribution in [1.82, 2.24) is 0 Å². The van der Waals surface area contributed by atoms with Crippen molar-refractivity contribution in [1.29, 1.82) is 0 Å². The monoisotopic (exact) mass is 374 g/mol. The van der Waals surface area contributed by atoms with Gasteiger partial charge < -0.3 is 24.8 Å². The number of hydrogen-bond donors (Lipinski definition) is 1. The van der Waals surface area contributed by atoms with Crippen molar-refractivity contribution in [2.75, 3.05) is 38.6 Å². The third-order valence-corrected chi connectivity index (χ3v) is 4.25. The molecule has 0 aromatic heterocycles. The normalized spacial score (nSPS) is 12.8. The summed E-state index contributed by atoms with van der Waals surface area (Å²) in [5, 5.41) is 0.0698. The Kier molecular flexibility index (Phi) is 4.95. The fraction of sp³-hybridized carbons (Fsp3) is 0.211. The number of allylic oxidation sites excluding steroid dienone is 1. The number of methoxy groups -OCH3 is 1. The Labute approximate surface area is 156 Å². The minimum absolute atomic E-state index is 0.0698. The molecule has 0 amide bonds. The SMILES string of the molecule is COc1cc(C=C(Cl)C(=O)c2ccc(N)c(N(C)C)c2)cc2c1OCO2. The summed E-state index contributed by atoms with van der Waals surface area (Å²) in [4.78, 5) is 14.5. The molecule has 2 aromatic carbocycles. The Bertz CT molecular complexity index is 893. The van der Waals surface area contributed by atoms with E-state index in [-0.39, 0.29) is 17.6 Å². The zero-order valence-corrected chi connectivity index (χ0v) is 15.5. The summed E-state index contributed by atoms with van der Waals surface area (Å²) < 4.78 is 16.0. The second-order valence-corrected chi connectivity index (χ2v) is 6.35. The Morgan fingerprint density at radius 1 is 1.27 bits per heavy atom. The summed E-state index contributed by atoms with van der Waals surface area (Å²) in [7, 11) is 5.25. The smallest absolute Gasteiger partial charge is 0.231 e. The lowest BCUT2D eigenvalue weighted by molar-refractivity contribution is 0.104. The van der Waals surface area contributed by atoms with Crippen LogP contribution >= 0.6 is 11.6 Å². The molecule has 7 heteroatoms. The van der Waals surface area contributed by atoms with Crippen molar-refractivity contribution >= 4 is 34.8 Å². The number of ketones is 1. The molecule has 1 heterocycles. The van der Waals surface area contributed by atoms with E-state index >= 15 is 0 Å². The molecule has 0 spiro atoms. The van der Waals surface area contributed by atoms with Crippen LogP contribution in [0.4, 0.5) is 11.4 Å². The van der Waals surface area contributed by atoms with Crippen LogP contribution in [0.3, 0.4) is 0 Å². The molecule has 3 rings (SSSR count). The lowest BCUT2D eigenvalue weighted by Gasteiger charge is -2.16. The third kappa shape index (κ3) is 3.41. The van der Waals surface area contributed by atoms with Gasteiger partial charge in [-0.05, 0) is 42.0 Å². The van der Waals surface area contributed by atoms with E-state index in [9.17, 15) is 4.79 Å². The number of hydrogen-bond acceptors (Lipinski definition) is 6. The lowest BCUT2D eigenvalue weighted by Crippen LogP contribution is -2.12. The quantitative estimate of drug-likeness (QED) is 0.490. The zero-order valence-electron chi connectivity index (χ0n) is 14.7. The van der Waals surface area contributed by atoms with E-state index in [1.165, 1.54) is 7.11 Å². The largest absolute Gasteiger partial charge is 0.493 e. The molecule has 2 N–H and O–H groups in total. The van der Waals surface area contributed by atoms with Gasteiger partial charge in [0.2, 0.25) is 18.3 Å². The molecular weight excluding hydrogens is 356 g/mol. The molecule has 26 heavy (non-hydrogen) atoms. The van der Waals surface area contributed by atoms with E-state index in [1.54, 1.807) is 36.4 Å². The average molecular weight is 375 g/mol. The highest BCUT2D eigenvalue weighted by molar-refractivity contribution is 6.47. The fourth-order valence-electron chi connectivity index (χ4n) is 2.66. The first-order chi connectivity index (χ1) is 12.4. The number of nitrogen functional groups attached to an aromatic ring is 1. The number of Topliss-reactive ketones (excluding diaryl/α,β-unsaturated/α-hetero) is 1. The first-order valence-electron chi connectivity index (χ1n) is 7.87. The van der Waals surface area contributed by atoms with Crippen molar-refractivity contribution in [3.63, 3.8) is 0 Å². The van der Waals surface area contributed by atoms with E-state index in [0.717, 1.165) is 5.69 Å².